The molecule has 3 N–H and O–H groups in total. The van der Waals surface area contributed by atoms with E-state index in [4.69, 9.17) is 5.73 Å². The van der Waals surface area contributed by atoms with E-state index < -0.39 is 41.1 Å². The summed E-state index contributed by atoms with van der Waals surface area (Å²) in [7, 11) is 0. The number of carbonyl (C=O) groups excluding carboxylic acids is 1. The maximum atomic E-state index is 12.6. The fraction of sp³-hybridized carbons (Fsp3) is 0.300. The number of hydrogen-bond donors (Lipinski definition) is 2. The van der Waals surface area contributed by atoms with E-state index in [1.54, 1.807) is 0 Å². The lowest BCUT2D eigenvalue weighted by atomic mass is 10.1. The van der Waals surface area contributed by atoms with Crippen LogP contribution in [0.4, 0.5) is 46.5 Å². The Morgan fingerprint density at radius 2 is 1.52 bits per heavy atom. The number of nitrogens with two attached hydrogens (primary N) is 1. The fourth-order valence-electron chi connectivity index (χ4n) is 1.22. The van der Waals surface area contributed by atoms with Crippen molar-refractivity contribution in [1.29, 1.82) is 0 Å². The molecule has 0 fully saturated rings. The third-order valence-electron chi connectivity index (χ3n) is 2.26. The predicted octanol–water partition coefficient (Wildman–Crippen LogP) is 3.42. The van der Waals surface area contributed by atoms with Crippen molar-refractivity contribution in [2.75, 3.05) is 11.1 Å². The highest BCUT2D eigenvalue weighted by atomic mass is 19.4. The number of nitrogens with one attached hydrogen (secondary N) is 1. The van der Waals surface area contributed by atoms with Crippen LogP contribution >= 0.6 is 0 Å². The van der Waals surface area contributed by atoms with E-state index in [2.05, 4.69) is 0 Å². The molecule has 0 saturated carbocycles. The quantitative estimate of drug-likeness (QED) is 0.647. The lowest BCUT2D eigenvalue weighted by Crippen LogP contribution is -2.47. The smallest absolute Gasteiger partial charge is 0.398 e. The van der Waals surface area contributed by atoms with Crippen molar-refractivity contribution in [3.8, 4) is 0 Å². The molecule has 1 amide bonds. The number of carbonyl (C=O) groups is 1. The van der Waals surface area contributed by atoms with Gasteiger partial charge in [0, 0.05) is 11.4 Å². The SMILES string of the molecule is Nc1ccc(NC(=O)C(F)(F)C(F)(F)F)cc1C(F)(F)F. The Labute approximate surface area is 111 Å². The van der Waals surface area contributed by atoms with Gasteiger partial charge >= 0.3 is 24.2 Å². The molecular weight excluding hydrogens is 316 g/mol. The summed E-state index contributed by atoms with van der Waals surface area (Å²) in [6.45, 7) is 0. The first-order chi connectivity index (χ1) is 9.26. The number of rotatable bonds is 2. The summed E-state index contributed by atoms with van der Waals surface area (Å²) in [4.78, 5) is 10.8. The second-order valence-corrected chi connectivity index (χ2v) is 3.83. The van der Waals surface area contributed by atoms with Crippen LogP contribution in [0.2, 0.25) is 0 Å². The minimum atomic E-state index is -6.17. The topological polar surface area (TPSA) is 55.1 Å². The Balaban J connectivity index is 3.08. The van der Waals surface area contributed by atoms with Crippen molar-refractivity contribution in [3.05, 3.63) is 23.8 Å². The van der Waals surface area contributed by atoms with Crippen molar-refractivity contribution < 1.29 is 39.9 Å². The Bertz CT molecular complexity index is 549. The summed E-state index contributed by atoms with van der Waals surface area (Å²) < 4.78 is 98.4. The molecule has 0 aliphatic carbocycles. The first-order valence-electron chi connectivity index (χ1n) is 4.99. The van der Waals surface area contributed by atoms with Gasteiger partial charge in [-0.15, -0.1) is 0 Å². The molecular formula is C10H6F8N2O. The summed E-state index contributed by atoms with van der Waals surface area (Å²) in [6.07, 6.45) is -11.1. The predicted molar refractivity (Wildman–Crippen MR) is 55.5 cm³/mol. The molecule has 1 rings (SSSR count). The number of benzene rings is 1. The molecule has 0 saturated heterocycles. The minimum Gasteiger partial charge on any atom is -0.398 e. The molecule has 0 unspecified atom stereocenters. The molecule has 21 heavy (non-hydrogen) atoms. The van der Waals surface area contributed by atoms with E-state index >= 15 is 0 Å². The monoisotopic (exact) mass is 322 g/mol. The van der Waals surface area contributed by atoms with Crippen LogP contribution in [-0.4, -0.2) is 18.0 Å². The average molecular weight is 322 g/mol. The summed E-state index contributed by atoms with van der Waals surface area (Å²) in [5.74, 6) is -8.54. The molecule has 1 aromatic rings. The van der Waals surface area contributed by atoms with Gasteiger partial charge in [-0.05, 0) is 18.2 Å². The highest BCUT2D eigenvalue weighted by Gasteiger charge is 2.63. The van der Waals surface area contributed by atoms with Crippen LogP contribution in [-0.2, 0) is 11.0 Å². The van der Waals surface area contributed by atoms with Gasteiger partial charge in [-0.2, -0.15) is 35.1 Å². The molecule has 0 heterocycles. The second-order valence-electron chi connectivity index (χ2n) is 3.83. The van der Waals surface area contributed by atoms with E-state index in [0.717, 1.165) is 5.32 Å². The summed E-state index contributed by atoms with van der Waals surface area (Å²) in [5, 5.41) is 1.06. The first kappa shape index (κ1) is 17.0. The Morgan fingerprint density at radius 1 is 1.00 bits per heavy atom. The van der Waals surface area contributed by atoms with Gasteiger partial charge in [-0.25, -0.2) is 0 Å². The number of halogens is 8. The zero-order chi connectivity index (χ0) is 16.6. The van der Waals surface area contributed by atoms with E-state index in [1.807, 2.05) is 0 Å². The fourth-order valence-corrected chi connectivity index (χ4v) is 1.22. The van der Waals surface area contributed by atoms with E-state index in [0.29, 0.717) is 12.1 Å². The highest BCUT2D eigenvalue weighted by Crippen LogP contribution is 2.38. The number of amides is 1. The molecule has 3 nitrogen and oxygen atoms in total. The van der Waals surface area contributed by atoms with Gasteiger partial charge in [0.1, 0.15) is 0 Å². The number of hydrogen-bond acceptors (Lipinski definition) is 2. The van der Waals surface area contributed by atoms with Crippen molar-refractivity contribution in [2.45, 2.75) is 18.3 Å². The van der Waals surface area contributed by atoms with Crippen molar-refractivity contribution >= 4 is 17.3 Å². The van der Waals surface area contributed by atoms with Gasteiger partial charge in [0.05, 0.1) is 5.56 Å². The van der Waals surface area contributed by atoms with Crippen LogP contribution in [0, 0.1) is 0 Å². The molecule has 0 atom stereocenters. The summed E-state index contributed by atoms with van der Waals surface area (Å²) in [6, 6.07) is 1.43. The third-order valence-corrected chi connectivity index (χ3v) is 2.26. The zero-order valence-corrected chi connectivity index (χ0v) is 9.74. The van der Waals surface area contributed by atoms with Gasteiger partial charge in [-0.1, -0.05) is 0 Å². The van der Waals surface area contributed by atoms with E-state index in [-0.39, 0.29) is 6.07 Å². The Hall–Kier alpha value is -2.07. The summed E-state index contributed by atoms with van der Waals surface area (Å²) >= 11 is 0. The highest BCUT2D eigenvalue weighted by molar-refractivity contribution is 5.97. The standard InChI is InChI=1S/C10H6F8N2O/c11-8(12,10(16,17)18)7(21)20-4-1-2-6(19)5(3-4)9(13,14)15/h1-3H,19H2,(H,20,21). The Morgan fingerprint density at radius 3 is 1.95 bits per heavy atom. The normalized spacial score (nSPS) is 13.1. The van der Waals surface area contributed by atoms with Crippen LogP contribution < -0.4 is 11.1 Å². The molecule has 11 heteroatoms. The first-order valence-corrected chi connectivity index (χ1v) is 4.99. The van der Waals surface area contributed by atoms with Crippen molar-refractivity contribution in [2.24, 2.45) is 0 Å². The molecule has 0 spiro atoms. The summed E-state index contributed by atoms with van der Waals surface area (Å²) in [5.41, 5.74) is 1.85. The van der Waals surface area contributed by atoms with E-state index in [1.165, 1.54) is 0 Å². The van der Waals surface area contributed by atoms with Crippen LogP contribution in [0.5, 0.6) is 0 Å². The third kappa shape index (κ3) is 3.52. The molecule has 0 aliphatic rings. The van der Waals surface area contributed by atoms with Gasteiger partial charge in [0.15, 0.2) is 0 Å². The molecule has 1 aromatic carbocycles. The zero-order valence-electron chi connectivity index (χ0n) is 9.74. The number of anilines is 2. The van der Waals surface area contributed by atoms with Gasteiger partial charge in [0.25, 0.3) is 0 Å². The lowest BCUT2D eigenvalue weighted by Gasteiger charge is -2.19. The van der Waals surface area contributed by atoms with Crippen LogP contribution in [0.1, 0.15) is 5.56 Å². The minimum absolute atomic E-state index is 0.152. The molecule has 0 bridgehead atoms. The molecule has 0 radical (unpaired) electrons. The molecule has 0 aliphatic heterocycles. The maximum absolute atomic E-state index is 12.6. The van der Waals surface area contributed by atoms with E-state index in [9.17, 15) is 39.9 Å². The van der Waals surface area contributed by atoms with Gasteiger partial charge < -0.3 is 11.1 Å². The van der Waals surface area contributed by atoms with Crippen LogP contribution in [0.25, 0.3) is 0 Å². The van der Waals surface area contributed by atoms with Crippen LogP contribution in [0.3, 0.4) is 0 Å². The molecule has 0 aromatic heterocycles. The van der Waals surface area contributed by atoms with Crippen molar-refractivity contribution in [3.63, 3.8) is 0 Å². The second kappa shape index (κ2) is 5.04. The van der Waals surface area contributed by atoms with Gasteiger partial charge in [-0.3, -0.25) is 4.79 Å². The largest absolute Gasteiger partial charge is 0.463 e. The average Bonchev–Trinajstić information content (AvgIpc) is 2.28. The molecule has 118 valence electrons. The van der Waals surface area contributed by atoms with Crippen LogP contribution in [0.15, 0.2) is 18.2 Å². The maximum Gasteiger partial charge on any atom is 0.463 e. The number of alkyl halides is 8. The lowest BCUT2D eigenvalue weighted by molar-refractivity contribution is -0.267. The van der Waals surface area contributed by atoms with Gasteiger partial charge in [0.2, 0.25) is 0 Å². The number of nitrogen functional groups attached to an aromatic ring is 1. The Kier molecular flexibility index (Phi) is 4.08. The van der Waals surface area contributed by atoms with Crippen molar-refractivity contribution in [1.82, 2.24) is 0 Å².